The lowest BCUT2D eigenvalue weighted by atomic mass is 10.3. The molecule has 0 atom stereocenters. The second-order valence-corrected chi connectivity index (χ2v) is 5.37. The van der Waals surface area contributed by atoms with Crippen LogP contribution in [0.15, 0.2) is 42.9 Å². The van der Waals surface area contributed by atoms with Gasteiger partial charge in [-0.15, -0.1) is 0 Å². The molecular formula is C15H10ClF3N4O2. The summed E-state index contributed by atoms with van der Waals surface area (Å²) in [5, 5.41) is -0.201. The van der Waals surface area contributed by atoms with E-state index in [1.165, 1.54) is 17.1 Å². The molecule has 6 nitrogen and oxygen atoms in total. The van der Waals surface area contributed by atoms with Crippen LogP contribution in [0.5, 0.6) is 5.88 Å². The van der Waals surface area contributed by atoms with Crippen molar-refractivity contribution in [2.75, 3.05) is 12.0 Å². The molecule has 1 amide bonds. The molecule has 130 valence electrons. The van der Waals surface area contributed by atoms with Crippen LogP contribution in [-0.2, 0) is 0 Å². The average molecular weight is 371 g/mol. The Kier molecular flexibility index (Phi) is 4.49. The summed E-state index contributed by atoms with van der Waals surface area (Å²) >= 11 is 5.83. The summed E-state index contributed by atoms with van der Waals surface area (Å²) in [6.45, 7) is -1.52. The molecule has 0 spiro atoms. The first-order valence-corrected chi connectivity index (χ1v) is 7.30. The number of ether oxygens (including phenoxy) is 1. The van der Waals surface area contributed by atoms with Crippen molar-refractivity contribution in [3.8, 4) is 5.88 Å². The van der Waals surface area contributed by atoms with Crippen LogP contribution in [0.2, 0.25) is 5.02 Å². The Morgan fingerprint density at radius 3 is 2.76 bits per heavy atom. The molecule has 0 radical (unpaired) electrons. The second-order valence-electron chi connectivity index (χ2n) is 4.96. The van der Waals surface area contributed by atoms with Crippen LogP contribution in [0.25, 0.3) is 11.0 Å². The molecule has 2 aromatic heterocycles. The Morgan fingerprint density at radius 1 is 1.28 bits per heavy atom. The number of aromatic nitrogens is 3. The Labute approximate surface area is 144 Å². The molecule has 3 rings (SSSR count). The number of rotatable bonds is 4. The molecule has 0 saturated heterocycles. The Morgan fingerprint density at radius 2 is 2.04 bits per heavy atom. The molecule has 0 fully saturated rings. The standard InChI is InChI=1S/C15H10ClF3N4O2/c16-10-5-9(6-20-14(10)25-7-15(17,18)19)13(24)22-23-8-21-11-3-1-2-4-12(11)23/h1-6,8H,7H2,(H,22,24). The third kappa shape index (κ3) is 4.00. The van der Waals surface area contributed by atoms with Gasteiger partial charge in [-0.3, -0.25) is 10.2 Å². The lowest BCUT2D eigenvalue weighted by molar-refractivity contribution is -0.154. The fourth-order valence-electron chi connectivity index (χ4n) is 2.03. The van der Waals surface area contributed by atoms with Gasteiger partial charge >= 0.3 is 6.18 Å². The third-order valence-electron chi connectivity index (χ3n) is 3.12. The highest BCUT2D eigenvalue weighted by atomic mass is 35.5. The highest BCUT2D eigenvalue weighted by Crippen LogP contribution is 2.25. The van der Waals surface area contributed by atoms with Crippen molar-refractivity contribution < 1.29 is 22.7 Å². The molecule has 2 heterocycles. The van der Waals surface area contributed by atoms with E-state index >= 15 is 0 Å². The lowest BCUT2D eigenvalue weighted by Gasteiger charge is -2.11. The number of hydrogen-bond donors (Lipinski definition) is 1. The Balaban J connectivity index is 1.75. The molecule has 0 bridgehead atoms. The zero-order valence-corrected chi connectivity index (χ0v) is 13.2. The van der Waals surface area contributed by atoms with Crippen LogP contribution in [0.3, 0.4) is 0 Å². The molecule has 25 heavy (non-hydrogen) atoms. The van der Waals surface area contributed by atoms with Gasteiger partial charge in [-0.05, 0) is 18.2 Å². The van der Waals surface area contributed by atoms with Crippen molar-refractivity contribution in [1.82, 2.24) is 14.6 Å². The van der Waals surface area contributed by atoms with Gasteiger partial charge in [-0.1, -0.05) is 23.7 Å². The van der Waals surface area contributed by atoms with Gasteiger partial charge in [0.15, 0.2) is 6.61 Å². The van der Waals surface area contributed by atoms with Crippen molar-refractivity contribution in [3.05, 3.63) is 53.4 Å². The first-order valence-electron chi connectivity index (χ1n) is 6.92. The third-order valence-corrected chi connectivity index (χ3v) is 3.39. The summed E-state index contributed by atoms with van der Waals surface area (Å²) in [7, 11) is 0. The van der Waals surface area contributed by atoms with Crippen LogP contribution in [0.1, 0.15) is 10.4 Å². The number of para-hydroxylation sites is 2. The van der Waals surface area contributed by atoms with E-state index < -0.39 is 24.6 Å². The van der Waals surface area contributed by atoms with Crippen molar-refractivity contribution in [1.29, 1.82) is 0 Å². The zero-order valence-electron chi connectivity index (χ0n) is 12.4. The number of pyridine rings is 1. The van der Waals surface area contributed by atoms with Crippen LogP contribution < -0.4 is 10.2 Å². The minimum atomic E-state index is -4.51. The summed E-state index contributed by atoms with van der Waals surface area (Å²) < 4.78 is 42.4. The van der Waals surface area contributed by atoms with E-state index in [1.54, 1.807) is 18.2 Å². The van der Waals surface area contributed by atoms with Crippen molar-refractivity contribution in [2.45, 2.75) is 6.18 Å². The summed E-state index contributed by atoms with van der Waals surface area (Å²) in [6, 6.07) is 8.32. The van der Waals surface area contributed by atoms with E-state index in [9.17, 15) is 18.0 Å². The topological polar surface area (TPSA) is 69.0 Å². The number of hydrogen-bond acceptors (Lipinski definition) is 4. The summed E-state index contributed by atoms with van der Waals surface area (Å²) in [5.74, 6) is -0.955. The average Bonchev–Trinajstić information content (AvgIpc) is 2.96. The number of alkyl halides is 3. The summed E-state index contributed by atoms with van der Waals surface area (Å²) in [5.41, 5.74) is 4.01. The van der Waals surface area contributed by atoms with Gasteiger partial charge in [0, 0.05) is 6.20 Å². The zero-order chi connectivity index (χ0) is 18.0. The molecule has 0 aliphatic heterocycles. The monoisotopic (exact) mass is 370 g/mol. The minimum Gasteiger partial charge on any atom is -0.467 e. The highest BCUT2D eigenvalue weighted by Gasteiger charge is 2.29. The normalized spacial score (nSPS) is 11.5. The molecule has 0 saturated carbocycles. The van der Waals surface area contributed by atoms with E-state index in [0.29, 0.717) is 11.0 Å². The van der Waals surface area contributed by atoms with Gasteiger partial charge in [0.05, 0.1) is 16.6 Å². The van der Waals surface area contributed by atoms with Gasteiger partial charge in [0.2, 0.25) is 5.88 Å². The van der Waals surface area contributed by atoms with Crippen LogP contribution in [0, 0.1) is 0 Å². The maximum absolute atomic E-state index is 12.3. The van der Waals surface area contributed by atoms with Crippen LogP contribution >= 0.6 is 11.6 Å². The maximum atomic E-state index is 12.3. The van der Waals surface area contributed by atoms with Crippen molar-refractivity contribution in [2.24, 2.45) is 0 Å². The number of halogens is 4. The van der Waals surface area contributed by atoms with Crippen LogP contribution in [0.4, 0.5) is 13.2 Å². The van der Waals surface area contributed by atoms with Gasteiger partial charge in [0.1, 0.15) is 11.3 Å². The number of amides is 1. The first-order chi connectivity index (χ1) is 11.8. The minimum absolute atomic E-state index is 0.0575. The molecule has 0 unspecified atom stereocenters. The van der Waals surface area contributed by atoms with Gasteiger partial charge < -0.3 is 4.74 Å². The predicted molar refractivity (Wildman–Crippen MR) is 84.2 cm³/mol. The van der Waals surface area contributed by atoms with Crippen molar-refractivity contribution in [3.63, 3.8) is 0 Å². The predicted octanol–water partition coefficient (Wildman–Crippen LogP) is 3.41. The fraction of sp³-hybridized carbons (Fsp3) is 0.133. The number of imidazole rings is 1. The molecule has 0 aliphatic rings. The maximum Gasteiger partial charge on any atom is 0.422 e. The highest BCUT2D eigenvalue weighted by molar-refractivity contribution is 6.32. The smallest absolute Gasteiger partial charge is 0.422 e. The van der Waals surface area contributed by atoms with E-state index in [1.807, 2.05) is 6.07 Å². The molecule has 3 aromatic rings. The van der Waals surface area contributed by atoms with Gasteiger partial charge in [-0.2, -0.15) is 13.2 Å². The Bertz CT molecular complexity index is 927. The first kappa shape index (κ1) is 17.0. The van der Waals surface area contributed by atoms with E-state index in [-0.39, 0.29) is 10.6 Å². The van der Waals surface area contributed by atoms with Crippen LogP contribution in [-0.4, -0.2) is 33.3 Å². The SMILES string of the molecule is O=C(Nn1cnc2ccccc21)c1cnc(OCC(F)(F)F)c(Cl)c1. The fourth-order valence-corrected chi connectivity index (χ4v) is 2.25. The molecule has 1 aromatic carbocycles. The molecule has 10 heteroatoms. The molecular weight excluding hydrogens is 361 g/mol. The number of carbonyl (C=O) groups is 1. The summed E-state index contributed by atoms with van der Waals surface area (Å²) in [4.78, 5) is 20.0. The van der Waals surface area contributed by atoms with Gasteiger partial charge in [-0.25, -0.2) is 14.6 Å². The lowest BCUT2D eigenvalue weighted by Crippen LogP contribution is -2.22. The molecule has 0 aliphatic carbocycles. The van der Waals surface area contributed by atoms with Crippen molar-refractivity contribution >= 4 is 28.5 Å². The largest absolute Gasteiger partial charge is 0.467 e. The number of fused-ring (bicyclic) bond motifs is 1. The number of carbonyl (C=O) groups excluding carboxylic acids is 1. The Hall–Kier alpha value is -2.81. The second kappa shape index (κ2) is 6.60. The van der Waals surface area contributed by atoms with Gasteiger partial charge in [0.25, 0.3) is 5.91 Å². The number of nitrogens with zero attached hydrogens (tertiary/aromatic N) is 3. The van der Waals surface area contributed by atoms with E-state index in [0.717, 1.165) is 6.20 Å². The summed E-state index contributed by atoms with van der Waals surface area (Å²) in [6.07, 6.45) is -2.01. The quantitative estimate of drug-likeness (QED) is 0.764. The number of nitrogens with one attached hydrogen (secondary N) is 1. The molecule has 1 N–H and O–H groups in total. The van der Waals surface area contributed by atoms with E-state index in [2.05, 4.69) is 20.1 Å². The van der Waals surface area contributed by atoms with E-state index in [4.69, 9.17) is 11.6 Å². The number of benzene rings is 1.